The van der Waals surface area contributed by atoms with Crippen LogP contribution in [0.4, 0.5) is 0 Å². The van der Waals surface area contributed by atoms with Crippen LogP contribution in [0.2, 0.25) is 0 Å². The molecule has 124 valence electrons. The molecule has 2 fully saturated rings. The van der Waals surface area contributed by atoms with Crippen molar-refractivity contribution in [3.05, 3.63) is 23.5 Å². The van der Waals surface area contributed by atoms with Gasteiger partial charge in [0, 0.05) is 17.8 Å². The lowest BCUT2D eigenvalue weighted by Gasteiger charge is -2.37. The predicted molar refractivity (Wildman–Crippen MR) is 91.6 cm³/mol. The highest BCUT2D eigenvalue weighted by Gasteiger charge is 2.47. The Bertz CT molecular complexity index is 666. The van der Waals surface area contributed by atoms with Crippen molar-refractivity contribution in [2.24, 2.45) is 0 Å². The van der Waals surface area contributed by atoms with E-state index in [1.807, 2.05) is 29.1 Å². The van der Waals surface area contributed by atoms with E-state index in [-0.39, 0.29) is 17.5 Å². The number of fused-ring (bicyclic) bond motifs is 1. The van der Waals surface area contributed by atoms with Crippen molar-refractivity contribution in [3.8, 4) is 0 Å². The van der Waals surface area contributed by atoms with Gasteiger partial charge in [-0.25, -0.2) is 4.98 Å². The van der Waals surface area contributed by atoms with Crippen molar-refractivity contribution in [1.29, 1.82) is 0 Å². The predicted octanol–water partition coefficient (Wildman–Crippen LogP) is 2.98. The Morgan fingerprint density at radius 1 is 1.30 bits per heavy atom. The summed E-state index contributed by atoms with van der Waals surface area (Å²) < 4.78 is 2.02. The van der Waals surface area contributed by atoms with Gasteiger partial charge in [0.15, 0.2) is 4.96 Å². The van der Waals surface area contributed by atoms with Gasteiger partial charge in [0.05, 0.1) is 11.7 Å². The Morgan fingerprint density at radius 2 is 2.04 bits per heavy atom. The number of carbonyl (C=O) groups excluding carboxylic acids is 1. The number of rotatable bonds is 4. The third-order valence-corrected chi connectivity index (χ3v) is 6.24. The quantitative estimate of drug-likeness (QED) is 0.936. The van der Waals surface area contributed by atoms with Crippen LogP contribution in [0.3, 0.4) is 0 Å². The molecule has 1 aliphatic heterocycles. The molecule has 4 rings (SSSR count). The van der Waals surface area contributed by atoms with Crippen molar-refractivity contribution in [1.82, 2.24) is 19.6 Å². The van der Waals surface area contributed by atoms with Crippen LogP contribution in [0.25, 0.3) is 4.96 Å². The van der Waals surface area contributed by atoms with Crippen LogP contribution in [-0.2, 0) is 4.79 Å². The number of aromatic nitrogens is 2. The summed E-state index contributed by atoms with van der Waals surface area (Å²) in [5.74, 6) is 0.209. The van der Waals surface area contributed by atoms with Crippen molar-refractivity contribution < 1.29 is 4.79 Å². The van der Waals surface area contributed by atoms with Gasteiger partial charge in [0.1, 0.15) is 5.54 Å². The SMILES string of the molecule is CC(NC(=O)C1(N2CCCC2)CCCC1)c1cn2ccsc2n1. The molecule has 1 unspecified atom stereocenters. The maximum Gasteiger partial charge on any atom is 0.241 e. The zero-order chi connectivity index (χ0) is 15.9. The molecule has 2 aromatic heterocycles. The number of amides is 1. The second-order valence-electron chi connectivity index (χ2n) is 6.89. The molecule has 0 bridgehead atoms. The smallest absolute Gasteiger partial charge is 0.241 e. The van der Waals surface area contributed by atoms with Crippen LogP contribution < -0.4 is 5.32 Å². The largest absolute Gasteiger partial charge is 0.346 e. The molecular formula is C17H24N4OS. The fraction of sp³-hybridized carbons (Fsp3) is 0.647. The Kier molecular flexibility index (Phi) is 3.89. The standard InChI is InChI=1S/C17H24N4OS/c1-13(14-12-20-10-11-23-16(20)19-14)18-15(22)17(6-2-3-7-17)21-8-4-5-9-21/h10-13H,2-9H2,1H3,(H,18,22). The molecule has 1 amide bonds. The van der Waals surface area contributed by atoms with Gasteiger partial charge in [-0.15, -0.1) is 11.3 Å². The van der Waals surface area contributed by atoms with Crippen molar-refractivity contribution >= 4 is 22.2 Å². The van der Waals surface area contributed by atoms with Gasteiger partial charge >= 0.3 is 0 Å². The maximum atomic E-state index is 13.1. The first-order valence-electron chi connectivity index (χ1n) is 8.67. The van der Waals surface area contributed by atoms with Crippen LogP contribution >= 0.6 is 11.3 Å². The van der Waals surface area contributed by atoms with Crippen LogP contribution in [0, 0.1) is 0 Å². The minimum atomic E-state index is -0.262. The number of imidazole rings is 1. The Labute approximate surface area is 140 Å². The molecule has 0 spiro atoms. The number of carbonyl (C=O) groups is 1. The number of hydrogen-bond acceptors (Lipinski definition) is 4. The van der Waals surface area contributed by atoms with Gasteiger partial charge < -0.3 is 5.32 Å². The highest BCUT2D eigenvalue weighted by molar-refractivity contribution is 7.15. The summed E-state index contributed by atoms with van der Waals surface area (Å²) >= 11 is 1.62. The summed E-state index contributed by atoms with van der Waals surface area (Å²) in [4.78, 5) is 21.2. The second-order valence-corrected chi connectivity index (χ2v) is 7.76. The Hall–Kier alpha value is -1.40. The van der Waals surface area contributed by atoms with E-state index in [2.05, 4.69) is 15.2 Å². The van der Waals surface area contributed by atoms with Gasteiger partial charge in [-0.3, -0.25) is 14.1 Å². The molecule has 1 atom stereocenters. The highest BCUT2D eigenvalue weighted by Crippen LogP contribution is 2.38. The monoisotopic (exact) mass is 332 g/mol. The third kappa shape index (κ3) is 2.58. The molecule has 2 aliphatic rings. The summed E-state index contributed by atoms with van der Waals surface area (Å²) in [5, 5.41) is 5.28. The molecule has 0 radical (unpaired) electrons. The lowest BCUT2D eigenvalue weighted by molar-refractivity contribution is -0.133. The van der Waals surface area contributed by atoms with E-state index < -0.39 is 0 Å². The zero-order valence-corrected chi connectivity index (χ0v) is 14.4. The van der Waals surface area contributed by atoms with Crippen LogP contribution in [-0.4, -0.2) is 38.8 Å². The number of likely N-dealkylation sites (tertiary alicyclic amines) is 1. The van der Waals surface area contributed by atoms with Gasteiger partial charge in [0.25, 0.3) is 0 Å². The molecule has 2 aromatic rings. The molecule has 5 nitrogen and oxygen atoms in total. The van der Waals surface area contributed by atoms with Gasteiger partial charge in [-0.05, 0) is 45.7 Å². The first kappa shape index (κ1) is 15.1. The summed E-state index contributed by atoms with van der Waals surface area (Å²) in [7, 11) is 0. The van der Waals surface area contributed by atoms with Crippen molar-refractivity contribution in [2.75, 3.05) is 13.1 Å². The van der Waals surface area contributed by atoms with Crippen LogP contribution in [0.15, 0.2) is 17.8 Å². The summed E-state index contributed by atoms with van der Waals surface area (Å²) in [6.07, 6.45) is 10.8. The first-order valence-corrected chi connectivity index (χ1v) is 9.55. The van der Waals surface area contributed by atoms with Crippen LogP contribution in [0.5, 0.6) is 0 Å². The average Bonchev–Trinajstić information content (AvgIpc) is 3.28. The van der Waals surface area contributed by atoms with Crippen molar-refractivity contribution in [2.45, 2.75) is 57.0 Å². The molecule has 1 N–H and O–H groups in total. The molecule has 0 aromatic carbocycles. The fourth-order valence-corrected chi connectivity index (χ4v) is 4.86. The maximum absolute atomic E-state index is 13.1. The second kappa shape index (κ2) is 5.91. The molecule has 1 saturated carbocycles. The normalized spacial score (nSPS) is 22.7. The van der Waals surface area contributed by atoms with Gasteiger partial charge in [0.2, 0.25) is 5.91 Å². The lowest BCUT2D eigenvalue weighted by atomic mass is 9.93. The number of thiazole rings is 1. The Morgan fingerprint density at radius 3 is 2.74 bits per heavy atom. The molecule has 23 heavy (non-hydrogen) atoms. The van der Waals surface area contributed by atoms with Crippen LogP contribution in [0.1, 0.15) is 57.2 Å². The molecule has 1 saturated heterocycles. The topological polar surface area (TPSA) is 49.6 Å². The fourth-order valence-electron chi connectivity index (χ4n) is 4.15. The minimum Gasteiger partial charge on any atom is -0.346 e. The minimum absolute atomic E-state index is 0.0466. The lowest BCUT2D eigenvalue weighted by Crippen LogP contribution is -2.56. The number of nitrogens with one attached hydrogen (secondary N) is 1. The van der Waals surface area contributed by atoms with E-state index in [1.54, 1.807) is 11.3 Å². The molecule has 1 aliphatic carbocycles. The summed E-state index contributed by atoms with van der Waals surface area (Å²) in [6.45, 7) is 4.18. The highest BCUT2D eigenvalue weighted by atomic mass is 32.1. The summed E-state index contributed by atoms with van der Waals surface area (Å²) in [5.41, 5.74) is 0.682. The van der Waals surface area contributed by atoms with E-state index in [4.69, 9.17) is 0 Å². The first-order chi connectivity index (χ1) is 11.2. The van der Waals surface area contributed by atoms with Gasteiger partial charge in [-0.2, -0.15) is 0 Å². The van der Waals surface area contributed by atoms with Gasteiger partial charge in [-0.1, -0.05) is 12.8 Å². The van der Waals surface area contributed by atoms with E-state index in [9.17, 15) is 4.79 Å². The van der Waals surface area contributed by atoms with E-state index >= 15 is 0 Å². The van der Waals surface area contributed by atoms with E-state index in [0.29, 0.717) is 0 Å². The van der Waals surface area contributed by atoms with Crippen molar-refractivity contribution in [3.63, 3.8) is 0 Å². The number of hydrogen-bond donors (Lipinski definition) is 1. The molecular weight excluding hydrogens is 308 g/mol. The zero-order valence-electron chi connectivity index (χ0n) is 13.6. The molecule has 6 heteroatoms. The Balaban J connectivity index is 1.52. The van der Waals surface area contributed by atoms with E-state index in [1.165, 1.54) is 25.7 Å². The number of nitrogens with zero attached hydrogens (tertiary/aromatic N) is 3. The average molecular weight is 332 g/mol. The van der Waals surface area contributed by atoms with E-state index in [0.717, 1.165) is 36.6 Å². The third-order valence-electron chi connectivity index (χ3n) is 5.47. The summed E-state index contributed by atoms with van der Waals surface area (Å²) in [6, 6.07) is -0.0466. The molecule has 3 heterocycles.